The Hall–Kier alpha value is -6.26. The lowest BCUT2D eigenvalue weighted by atomic mass is 9.83. The zero-order chi connectivity index (χ0) is 46.8. The number of aromatic nitrogens is 3. The molecule has 1 N–H and O–H groups in total. The van der Waals surface area contributed by atoms with Crippen molar-refractivity contribution < 1.29 is 12.0 Å². The maximum atomic E-state index is 11.4. The van der Waals surface area contributed by atoms with Crippen LogP contribution in [0.5, 0.6) is 5.75 Å². The van der Waals surface area contributed by atoms with E-state index in [9.17, 15) is 5.11 Å². The Bertz CT molecular complexity index is 3070. The molecule has 302 valence electrons. The molecule has 0 saturated carbocycles. The molecule has 0 radical (unpaired) electrons. The van der Waals surface area contributed by atoms with E-state index < -0.39 is 18.6 Å². The van der Waals surface area contributed by atoms with E-state index in [-0.39, 0.29) is 22.6 Å². The predicted molar refractivity (Wildman–Crippen MR) is 253 cm³/mol. The van der Waals surface area contributed by atoms with Crippen molar-refractivity contribution in [2.45, 2.75) is 92.3 Å². The Morgan fingerprint density at radius 1 is 0.633 bits per heavy atom. The van der Waals surface area contributed by atoms with Crippen LogP contribution in [0.4, 0.5) is 0 Å². The molecule has 0 amide bonds. The number of benzene rings is 6. The quantitative estimate of drug-likeness (QED) is 0.158. The third-order valence-corrected chi connectivity index (χ3v) is 11.6. The van der Waals surface area contributed by atoms with Gasteiger partial charge in [0.2, 0.25) is 0 Å². The Kier molecular flexibility index (Phi) is 9.26. The van der Waals surface area contributed by atoms with Gasteiger partial charge in [-0.05, 0) is 140 Å². The highest BCUT2D eigenvalue weighted by Gasteiger charge is 2.24. The van der Waals surface area contributed by atoms with Crippen LogP contribution in [-0.4, -0.2) is 19.6 Å². The van der Waals surface area contributed by atoms with Gasteiger partial charge in [-0.25, -0.2) is 4.98 Å². The van der Waals surface area contributed by atoms with Crippen molar-refractivity contribution >= 4 is 11.0 Å². The van der Waals surface area contributed by atoms with Gasteiger partial charge < -0.3 is 5.11 Å². The first-order valence-electron chi connectivity index (χ1n) is 23.3. The number of aromatic hydroxyl groups is 1. The number of phenolic OH excluding ortho intramolecular Hbond substituents is 1. The molecule has 0 atom stereocenters. The molecule has 4 heteroatoms. The molecular formula is C56H57N3O. The fraction of sp³-hybridized carbons (Fsp3) is 0.250. The van der Waals surface area contributed by atoms with Crippen molar-refractivity contribution in [1.29, 1.82) is 0 Å². The van der Waals surface area contributed by atoms with Gasteiger partial charge in [0.25, 0.3) is 0 Å². The number of para-hydroxylation sites is 2. The molecule has 0 fully saturated rings. The van der Waals surface area contributed by atoms with Crippen LogP contribution in [0.3, 0.4) is 0 Å². The van der Waals surface area contributed by atoms with E-state index in [1.807, 2.05) is 105 Å². The first-order valence-corrected chi connectivity index (χ1v) is 20.8. The Balaban J connectivity index is 1.36. The summed E-state index contributed by atoms with van der Waals surface area (Å²) in [5, 5.41) is 11.4. The van der Waals surface area contributed by atoms with E-state index in [4.69, 9.17) is 16.8 Å². The normalized spacial score (nSPS) is 13.8. The van der Waals surface area contributed by atoms with Gasteiger partial charge >= 0.3 is 0 Å². The van der Waals surface area contributed by atoms with Crippen LogP contribution in [0.1, 0.15) is 115 Å². The van der Waals surface area contributed by atoms with Crippen molar-refractivity contribution in [2.24, 2.45) is 0 Å². The molecule has 8 aromatic rings. The highest BCUT2D eigenvalue weighted by atomic mass is 16.3. The van der Waals surface area contributed by atoms with Crippen LogP contribution < -0.4 is 0 Å². The molecule has 2 heterocycles. The van der Waals surface area contributed by atoms with E-state index in [1.54, 1.807) is 24.3 Å². The Morgan fingerprint density at radius 3 is 2.03 bits per heavy atom. The summed E-state index contributed by atoms with van der Waals surface area (Å²) in [5.74, 6) is -1.08. The molecule has 0 saturated heterocycles. The molecule has 2 aromatic heterocycles. The van der Waals surface area contributed by atoms with E-state index in [2.05, 4.69) is 77.1 Å². The molecule has 0 aliphatic rings. The number of imidazole rings is 1. The van der Waals surface area contributed by atoms with Gasteiger partial charge in [0.15, 0.2) is 0 Å². The second kappa shape index (κ2) is 16.1. The van der Waals surface area contributed by atoms with Gasteiger partial charge in [-0.1, -0.05) is 141 Å². The van der Waals surface area contributed by atoms with Crippen LogP contribution >= 0.6 is 0 Å². The number of fused-ring (bicyclic) bond motifs is 1. The van der Waals surface area contributed by atoms with E-state index in [1.165, 1.54) is 0 Å². The van der Waals surface area contributed by atoms with Gasteiger partial charge in [0, 0.05) is 24.2 Å². The van der Waals surface area contributed by atoms with Crippen LogP contribution in [0.2, 0.25) is 0 Å². The average molecular weight is 793 g/mol. The second-order valence-corrected chi connectivity index (χ2v) is 17.7. The van der Waals surface area contributed by atoms with Crippen molar-refractivity contribution in [2.75, 3.05) is 0 Å². The van der Waals surface area contributed by atoms with Crippen LogP contribution in [0.15, 0.2) is 140 Å². The summed E-state index contributed by atoms with van der Waals surface area (Å²) in [5.41, 5.74) is 13.2. The Labute approximate surface area is 363 Å². The van der Waals surface area contributed by atoms with Gasteiger partial charge in [0.05, 0.1) is 28.0 Å². The average Bonchev–Trinajstić information content (AvgIpc) is 3.64. The number of phenols is 1. The zero-order valence-electron chi connectivity index (χ0n) is 41.1. The molecule has 0 aliphatic carbocycles. The number of hydrogen-bond donors (Lipinski definition) is 1. The van der Waals surface area contributed by atoms with E-state index >= 15 is 0 Å². The molecule has 6 aromatic carbocycles. The fourth-order valence-electron chi connectivity index (χ4n) is 8.22. The van der Waals surface area contributed by atoms with Gasteiger partial charge in [-0.3, -0.25) is 9.55 Å². The van der Waals surface area contributed by atoms with Crippen molar-refractivity contribution in [3.8, 4) is 67.5 Å². The predicted octanol–water partition coefficient (Wildman–Crippen LogP) is 15.4. The molecule has 0 spiro atoms. The summed E-state index contributed by atoms with van der Waals surface area (Å²) in [7, 11) is 0. The maximum absolute atomic E-state index is 11.4. The molecule has 0 aliphatic heterocycles. The first kappa shape index (κ1) is 34.6. The van der Waals surface area contributed by atoms with Crippen LogP contribution in [-0.2, 0) is 5.41 Å². The number of rotatable bonds is 9. The molecule has 8 rings (SSSR count). The molecule has 4 nitrogen and oxygen atoms in total. The SMILES string of the molecule is [2H]C([2H])([2H])c1cc(-c2c(C(C)C)cccc2C([2H])(C)C)ccc1-n1c(-c2ccccc2O)nc2c(-c3cc(-c4cc(-c5ccc(C([2H])(C)C)cc5)ccn4)cc(C(C)(C)C)c3)cccc21. The monoisotopic (exact) mass is 792 g/mol. The lowest BCUT2D eigenvalue weighted by Crippen LogP contribution is -2.11. The summed E-state index contributed by atoms with van der Waals surface area (Å²) in [6.07, 6.45) is 1.83. The first-order chi connectivity index (χ1) is 30.5. The summed E-state index contributed by atoms with van der Waals surface area (Å²) in [6.45, 7) is 15.7. The molecule has 0 unspecified atom stereocenters. The molecular weight excluding hydrogens is 731 g/mol. The standard InChI is InChI=1S/C56H57N3O/c1-34(2)38-21-23-39(24-22-38)40-27-28-57-49(33-40)43-30-42(31-44(32-43)56(8,9)10)47-18-14-19-51-54(47)58-55(48-15-11-12-20-52(48)60)59(51)50-26-25-41(29-37(50)7)53-45(35(3)4)16-13-17-46(53)36(5)6/h11-36,60H,1-10H3/i7D3,34D,35D. The molecule has 0 bridgehead atoms. The van der Waals surface area contributed by atoms with E-state index in [0.717, 1.165) is 66.9 Å². The minimum Gasteiger partial charge on any atom is -0.507 e. The highest BCUT2D eigenvalue weighted by Crippen LogP contribution is 2.42. The number of aryl methyl sites for hydroxylation is 1. The lowest BCUT2D eigenvalue weighted by molar-refractivity contribution is 0.477. The largest absolute Gasteiger partial charge is 0.507 e. The molecule has 60 heavy (non-hydrogen) atoms. The second-order valence-electron chi connectivity index (χ2n) is 17.7. The van der Waals surface area contributed by atoms with Crippen molar-refractivity contribution in [3.63, 3.8) is 0 Å². The van der Waals surface area contributed by atoms with E-state index in [0.29, 0.717) is 28.1 Å². The summed E-state index contributed by atoms with van der Waals surface area (Å²) in [6, 6.07) is 43.3. The number of nitrogens with zero attached hydrogens (tertiary/aromatic N) is 3. The third-order valence-electron chi connectivity index (χ3n) is 11.6. The van der Waals surface area contributed by atoms with Gasteiger partial charge in [-0.2, -0.15) is 0 Å². The topological polar surface area (TPSA) is 50.9 Å². The summed E-state index contributed by atoms with van der Waals surface area (Å²) >= 11 is 0. The van der Waals surface area contributed by atoms with Crippen molar-refractivity contribution in [1.82, 2.24) is 14.5 Å². The lowest BCUT2D eigenvalue weighted by Gasteiger charge is -2.22. The van der Waals surface area contributed by atoms with Crippen LogP contribution in [0, 0.1) is 6.85 Å². The number of hydrogen-bond acceptors (Lipinski definition) is 3. The fourth-order valence-corrected chi connectivity index (χ4v) is 8.22. The minimum absolute atomic E-state index is 0.0202. The smallest absolute Gasteiger partial charge is 0.149 e. The summed E-state index contributed by atoms with van der Waals surface area (Å²) < 4.78 is 46.4. The van der Waals surface area contributed by atoms with Crippen molar-refractivity contribution in [3.05, 3.63) is 167 Å². The highest BCUT2D eigenvalue weighted by molar-refractivity contribution is 5.97. The summed E-state index contributed by atoms with van der Waals surface area (Å²) in [4.78, 5) is 10.2. The zero-order valence-corrected chi connectivity index (χ0v) is 36.1. The third kappa shape index (κ3) is 7.68. The minimum atomic E-state index is -2.54. The van der Waals surface area contributed by atoms with Gasteiger partial charge in [0.1, 0.15) is 11.6 Å². The number of pyridine rings is 1. The van der Waals surface area contributed by atoms with Gasteiger partial charge in [-0.15, -0.1) is 0 Å². The maximum Gasteiger partial charge on any atom is 0.149 e. The Morgan fingerprint density at radius 2 is 1.33 bits per heavy atom. The van der Waals surface area contributed by atoms with Crippen LogP contribution in [0.25, 0.3) is 72.7 Å².